The summed E-state index contributed by atoms with van der Waals surface area (Å²) in [5.41, 5.74) is 1.51. The number of amides is 1. The van der Waals surface area contributed by atoms with Crippen LogP contribution in [0.1, 0.15) is 6.42 Å². The van der Waals surface area contributed by atoms with E-state index in [1.165, 1.54) is 21.2 Å². The molecule has 0 atom stereocenters. The number of nitrogens with zero attached hydrogens (tertiary/aromatic N) is 6. The SMILES string of the molecule is O=C(CCn1ccn2nc(-c3ccc(F)cc3)cc2c1=O)N1CCN(c2ccccn2)CC1. The zero-order chi connectivity index (χ0) is 22.8. The van der Waals surface area contributed by atoms with E-state index in [0.29, 0.717) is 30.8 Å². The number of halogens is 1. The summed E-state index contributed by atoms with van der Waals surface area (Å²) >= 11 is 0. The number of fused-ring (bicyclic) bond motifs is 1. The van der Waals surface area contributed by atoms with Gasteiger partial charge < -0.3 is 14.4 Å². The van der Waals surface area contributed by atoms with Gasteiger partial charge in [-0.25, -0.2) is 13.9 Å². The van der Waals surface area contributed by atoms with Crippen LogP contribution < -0.4 is 10.5 Å². The molecule has 1 aromatic carbocycles. The maximum Gasteiger partial charge on any atom is 0.276 e. The second-order valence-corrected chi connectivity index (χ2v) is 7.97. The zero-order valence-corrected chi connectivity index (χ0v) is 18.0. The second kappa shape index (κ2) is 8.85. The molecule has 1 amide bonds. The molecule has 3 aromatic heterocycles. The molecule has 1 fully saturated rings. The third-order valence-corrected chi connectivity index (χ3v) is 5.92. The lowest BCUT2D eigenvalue weighted by molar-refractivity contribution is -0.131. The largest absolute Gasteiger partial charge is 0.353 e. The van der Waals surface area contributed by atoms with Gasteiger partial charge in [0.15, 0.2) is 0 Å². The number of benzene rings is 1. The standard InChI is InChI=1S/C24H23FN6O2/c25-19-6-4-18(5-7-19)20-17-21-24(33)30(15-16-31(21)27-20)10-8-23(32)29-13-11-28(12-14-29)22-3-1-2-9-26-22/h1-7,9,15-17H,8,10-14H2. The van der Waals surface area contributed by atoms with Crippen molar-refractivity contribution in [3.05, 3.63) is 83.3 Å². The second-order valence-electron chi connectivity index (χ2n) is 7.97. The fourth-order valence-electron chi connectivity index (χ4n) is 4.06. The molecule has 1 aliphatic heterocycles. The van der Waals surface area contributed by atoms with Gasteiger partial charge in [-0.2, -0.15) is 5.10 Å². The normalized spacial score (nSPS) is 14.1. The lowest BCUT2D eigenvalue weighted by Crippen LogP contribution is -2.49. The molecule has 0 N–H and O–H groups in total. The molecule has 0 unspecified atom stereocenters. The van der Waals surface area contributed by atoms with Crippen molar-refractivity contribution in [2.24, 2.45) is 0 Å². The molecular weight excluding hydrogens is 423 g/mol. The van der Waals surface area contributed by atoms with Crippen LogP contribution in [0.15, 0.2) is 71.9 Å². The smallest absolute Gasteiger partial charge is 0.276 e. The highest BCUT2D eigenvalue weighted by Crippen LogP contribution is 2.19. The molecule has 0 saturated carbocycles. The Balaban J connectivity index is 1.23. The number of hydrogen-bond acceptors (Lipinski definition) is 5. The Morgan fingerprint density at radius 1 is 1.00 bits per heavy atom. The molecule has 0 spiro atoms. The quantitative estimate of drug-likeness (QED) is 0.471. The number of anilines is 1. The zero-order valence-electron chi connectivity index (χ0n) is 18.0. The van der Waals surface area contributed by atoms with Crippen molar-refractivity contribution in [1.82, 2.24) is 24.1 Å². The van der Waals surface area contributed by atoms with Crippen molar-refractivity contribution >= 4 is 17.2 Å². The molecule has 168 valence electrons. The van der Waals surface area contributed by atoms with Gasteiger partial charge in [0.05, 0.1) is 5.69 Å². The van der Waals surface area contributed by atoms with E-state index in [-0.39, 0.29) is 23.7 Å². The summed E-state index contributed by atoms with van der Waals surface area (Å²) < 4.78 is 16.2. The number of aromatic nitrogens is 4. The lowest BCUT2D eigenvalue weighted by Gasteiger charge is -2.35. The lowest BCUT2D eigenvalue weighted by atomic mass is 10.1. The minimum absolute atomic E-state index is 0.0305. The predicted octanol–water partition coefficient (Wildman–Crippen LogP) is 2.44. The van der Waals surface area contributed by atoms with Crippen molar-refractivity contribution in [1.29, 1.82) is 0 Å². The van der Waals surface area contributed by atoms with Gasteiger partial charge in [-0.1, -0.05) is 6.07 Å². The summed E-state index contributed by atoms with van der Waals surface area (Å²) in [4.78, 5) is 34.0. The van der Waals surface area contributed by atoms with E-state index in [9.17, 15) is 14.0 Å². The summed E-state index contributed by atoms with van der Waals surface area (Å²) in [6.07, 6.45) is 5.35. The number of pyridine rings is 1. The molecule has 1 saturated heterocycles. The molecule has 5 rings (SSSR count). The first-order valence-electron chi connectivity index (χ1n) is 10.9. The van der Waals surface area contributed by atoms with Crippen LogP contribution >= 0.6 is 0 Å². The van der Waals surface area contributed by atoms with Crippen LogP contribution in [0.5, 0.6) is 0 Å². The summed E-state index contributed by atoms with van der Waals surface area (Å²) in [6.45, 7) is 3.03. The predicted molar refractivity (Wildman–Crippen MR) is 122 cm³/mol. The average molecular weight is 446 g/mol. The molecular formula is C24H23FN6O2. The Hall–Kier alpha value is -4.01. The molecule has 0 bridgehead atoms. The van der Waals surface area contributed by atoms with Crippen molar-refractivity contribution in [2.45, 2.75) is 13.0 Å². The molecule has 1 aliphatic rings. The molecule has 4 heterocycles. The Bertz CT molecular complexity index is 1320. The van der Waals surface area contributed by atoms with Gasteiger partial charge in [0.2, 0.25) is 5.91 Å². The van der Waals surface area contributed by atoms with Crippen molar-refractivity contribution in [3.63, 3.8) is 0 Å². The van der Waals surface area contributed by atoms with E-state index in [4.69, 9.17) is 0 Å². The third-order valence-electron chi connectivity index (χ3n) is 5.92. The van der Waals surface area contributed by atoms with Crippen LogP contribution in [-0.4, -0.2) is 56.2 Å². The first kappa shape index (κ1) is 20.9. The Kier molecular flexibility index (Phi) is 5.60. The van der Waals surface area contributed by atoms with Gasteiger partial charge in [0, 0.05) is 63.3 Å². The molecule has 0 radical (unpaired) electrons. The van der Waals surface area contributed by atoms with Gasteiger partial charge in [-0.3, -0.25) is 9.59 Å². The fraction of sp³-hybridized carbons (Fsp3) is 0.250. The van der Waals surface area contributed by atoms with Gasteiger partial charge in [-0.05, 0) is 42.5 Å². The highest BCUT2D eigenvalue weighted by Gasteiger charge is 2.21. The number of rotatable bonds is 5. The molecule has 33 heavy (non-hydrogen) atoms. The Morgan fingerprint density at radius 2 is 1.79 bits per heavy atom. The first-order chi connectivity index (χ1) is 16.1. The fourth-order valence-corrected chi connectivity index (χ4v) is 4.06. The van der Waals surface area contributed by atoms with E-state index in [0.717, 1.165) is 24.5 Å². The Morgan fingerprint density at radius 3 is 2.52 bits per heavy atom. The van der Waals surface area contributed by atoms with Gasteiger partial charge in [-0.15, -0.1) is 0 Å². The van der Waals surface area contributed by atoms with E-state index < -0.39 is 0 Å². The number of carbonyl (C=O) groups excluding carboxylic acids is 1. The van der Waals surface area contributed by atoms with E-state index in [1.807, 2.05) is 23.1 Å². The Labute approximate surface area is 189 Å². The maximum atomic E-state index is 13.2. The average Bonchev–Trinajstić information content (AvgIpc) is 3.30. The van der Waals surface area contributed by atoms with Crippen molar-refractivity contribution < 1.29 is 9.18 Å². The van der Waals surface area contributed by atoms with E-state index >= 15 is 0 Å². The molecule has 0 aliphatic carbocycles. The third kappa shape index (κ3) is 4.34. The van der Waals surface area contributed by atoms with Gasteiger partial charge in [0.25, 0.3) is 5.56 Å². The van der Waals surface area contributed by atoms with Crippen LogP contribution in [0.25, 0.3) is 16.8 Å². The minimum Gasteiger partial charge on any atom is -0.353 e. The monoisotopic (exact) mass is 446 g/mol. The first-order valence-corrected chi connectivity index (χ1v) is 10.9. The highest BCUT2D eigenvalue weighted by atomic mass is 19.1. The summed E-state index contributed by atoms with van der Waals surface area (Å²) in [5, 5.41) is 4.41. The van der Waals surface area contributed by atoms with Gasteiger partial charge >= 0.3 is 0 Å². The van der Waals surface area contributed by atoms with Crippen molar-refractivity contribution in [2.75, 3.05) is 31.1 Å². The van der Waals surface area contributed by atoms with Crippen LogP contribution in [0.3, 0.4) is 0 Å². The number of carbonyl (C=O) groups is 1. The van der Waals surface area contributed by atoms with E-state index in [2.05, 4.69) is 15.0 Å². The highest BCUT2D eigenvalue weighted by molar-refractivity contribution is 5.76. The van der Waals surface area contributed by atoms with E-state index in [1.54, 1.807) is 36.8 Å². The van der Waals surface area contributed by atoms with Crippen LogP contribution in [0.4, 0.5) is 10.2 Å². The molecule has 9 heteroatoms. The number of hydrogen-bond donors (Lipinski definition) is 0. The number of aryl methyl sites for hydroxylation is 1. The van der Waals surface area contributed by atoms with Gasteiger partial charge in [0.1, 0.15) is 17.2 Å². The summed E-state index contributed by atoms with van der Waals surface area (Å²) in [6, 6.07) is 13.5. The topological polar surface area (TPSA) is 75.7 Å². The maximum absolute atomic E-state index is 13.2. The minimum atomic E-state index is -0.326. The summed E-state index contributed by atoms with van der Waals surface area (Å²) in [5.74, 6) is 0.626. The van der Waals surface area contributed by atoms with Crippen LogP contribution in [0, 0.1) is 5.82 Å². The van der Waals surface area contributed by atoms with Crippen molar-refractivity contribution in [3.8, 4) is 11.3 Å². The summed E-state index contributed by atoms with van der Waals surface area (Å²) in [7, 11) is 0. The molecule has 4 aromatic rings. The van der Waals surface area contributed by atoms with Crippen LogP contribution in [-0.2, 0) is 11.3 Å². The molecule has 8 nitrogen and oxygen atoms in total. The number of piperazine rings is 1. The van der Waals surface area contributed by atoms with Crippen LogP contribution in [0.2, 0.25) is 0 Å².